The lowest BCUT2D eigenvalue weighted by molar-refractivity contribution is -0.150. The summed E-state index contributed by atoms with van der Waals surface area (Å²) >= 11 is 0. The van der Waals surface area contributed by atoms with Crippen molar-refractivity contribution < 1.29 is 9.59 Å². The van der Waals surface area contributed by atoms with Crippen molar-refractivity contribution in [2.75, 3.05) is 6.54 Å². The van der Waals surface area contributed by atoms with E-state index >= 15 is 0 Å². The third kappa shape index (κ3) is 2.52. The Kier molecular flexibility index (Phi) is 3.93. The first-order valence-electron chi connectivity index (χ1n) is 7.19. The van der Waals surface area contributed by atoms with Gasteiger partial charge in [-0.05, 0) is 31.1 Å². The quantitative estimate of drug-likeness (QED) is 0.807. The second kappa shape index (κ2) is 5.29. The summed E-state index contributed by atoms with van der Waals surface area (Å²) < 4.78 is 0. The molecule has 1 heterocycles. The third-order valence-corrected chi connectivity index (χ3v) is 4.25. The van der Waals surface area contributed by atoms with E-state index < -0.39 is 0 Å². The molecule has 4 heteroatoms. The molecule has 4 nitrogen and oxygen atoms in total. The molecule has 0 spiro atoms. The molecule has 1 saturated carbocycles. The first kappa shape index (κ1) is 13.4. The summed E-state index contributed by atoms with van der Waals surface area (Å²) in [6, 6.07) is -0.544. The number of hydrogen-bond acceptors (Lipinski definition) is 2. The average Bonchev–Trinajstić information content (AvgIpc) is 3.02. The average molecular weight is 252 g/mol. The molecule has 0 radical (unpaired) electrons. The maximum atomic E-state index is 12.4. The summed E-state index contributed by atoms with van der Waals surface area (Å²) in [6.07, 6.45) is 3.57. The molecule has 2 fully saturated rings. The van der Waals surface area contributed by atoms with Crippen molar-refractivity contribution in [3.8, 4) is 0 Å². The zero-order chi connectivity index (χ0) is 13.3. The van der Waals surface area contributed by atoms with Crippen LogP contribution in [0.25, 0.3) is 0 Å². The molecule has 0 aromatic rings. The molecule has 2 aliphatic rings. The molecule has 4 unspecified atom stereocenters. The molecule has 0 bridgehead atoms. The van der Waals surface area contributed by atoms with E-state index in [4.69, 9.17) is 0 Å². The normalized spacial score (nSPS) is 35.6. The molecule has 0 aromatic heterocycles. The van der Waals surface area contributed by atoms with E-state index in [1.165, 1.54) is 6.42 Å². The molecule has 102 valence electrons. The molecular weight excluding hydrogens is 228 g/mol. The van der Waals surface area contributed by atoms with Crippen molar-refractivity contribution >= 4 is 11.8 Å². The van der Waals surface area contributed by atoms with Crippen molar-refractivity contribution in [1.29, 1.82) is 0 Å². The first-order chi connectivity index (χ1) is 8.58. The number of nitrogens with one attached hydrogen (secondary N) is 1. The van der Waals surface area contributed by atoms with Crippen LogP contribution >= 0.6 is 0 Å². The van der Waals surface area contributed by atoms with Crippen LogP contribution in [0.2, 0.25) is 0 Å². The van der Waals surface area contributed by atoms with E-state index in [0.29, 0.717) is 18.3 Å². The molecule has 1 aliphatic carbocycles. The largest absolute Gasteiger partial charge is 0.343 e. The van der Waals surface area contributed by atoms with Crippen LogP contribution in [0.5, 0.6) is 0 Å². The second-order valence-electron chi connectivity index (χ2n) is 5.74. The van der Waals surface area contributed by atoms with Gasteiger partial charge in [-0.15, -0.1) is 0 Å². The summed E-state index contributed by atoms with van der Waals surface area (Å²) in [5, 5.41) is 2.87. The fourth-order valence-electron chi connectivity index (χ4n) is 2.84. The zero-order valence-corrected chi connectivity index (χ0v) is 11.6. The summed E-state index contributed by atoms with van der Waals surface area (Å²) in [4.78, 5) is 26.3. The van der Waals surface area contributed by atoms with Crippen molar-refractivity contribution in [2.24, 2.45) is 11.8 Å². The Morgan fingerprint density at radius 2 is 2.00 bits per heavy atom. The van der Waals surface area contributed by atoms with E-state index in [2.05, 4.69) is 12.2 Å². The molecule has 2 rings (SSSR count). The standard InChI is InChI=1S/C14H24N2O2/c1-4-6-11-14(18)16(8-10-7-9(10)3)12(5-2)13(17)15-11/h9-12H,4-8H2,1-3H3,(H,15,17). The Hall–Kier alpha value is -1.06. The summed E-state index contributed by atoms with van der Waals surface area (Å²) in [5.41, 5.74) is 0. The Morgan fingerprint density at radius 1 is 1.33 bits per heavy atom. The minimum Gasteiger partial charge on any atom is -0.343 e. The van der Waals surface area contributed by atoms with Gasteiger partial charge in [0.05, 0.1) is 0 Å². The van der Waals surface area contributed by atoms with Gasteiger partial charge in [0.25, 0.3) is 0 Å². The van der Waals surface area contributed by atoms with E-state index in [0.717, 1.165) is 19.4 Å². The Balaban J connectivity index is 2.08. The minimum absolute atomic E-state index is 0.0313. The maximum Gasteiger partial charge on any atom is 0.245 e. The lowest BCUT2D eigenvalue weighted by Gasteiger charge is -2.38. The zero-order valence-electron chi connectivity index (χ0n) is 11.6. The molecule has 1 saturated heterocycles. The van der Waals surface area contributed by atoms with Crippen molar-refractivity contribution in [3.05, 3.63) is 0 Å². The first-order valence-corrected chi connectivity index (χ1v) is 7.19. The SMILES string of the molecule is CCCC1NC(=O)C(CC)N(CC2CC2C)C1=O. The molecular formula is C14H24N2O2. The van der Waals surface area contributed by atoms with Crippen LogP contribution in [-0.2, 0) is 9.59 Å². The lowest BCUT2D eigenvalue weighted by Crippen LogP contribution is -2.63. The number of amides is 2. The van der Waals surface area contributed by atoms with Crippen LogP contribution in [0.1, 0.15) is 46.5 Å². The number of nitrogens with zero attached hydrogens (tertiary/aromatic N) is 1. The van der Waals surface area contributed by atoms with Gasteiger partial charge in [0.1, 0.15) is 12.1 Å². The Morgan fingerprint density at radius 3 is 2.50 bits per heavy atom. The Bertz CT molecular complexity index is 343. The molecule has 2 amide bonds. The highest BCUT2D eigenvalue weighted by molar-refractivity contribution is 5.96. The predicted octanol–water partition coefficient (Wildman–Crippen LogP) is 1.55. The summed E-state index contributed by atoms with van der Waals surface area (Å²) in [7, 11) is 0. The van der Waals surface area contributed by atoms with Crippen molar-refractivity contribution in [1.82, 2.24) is 10.2 Å². The van der Waals surface area contributed by atoms with Gasteiger partial charge in [-0.25, -0.2) is 0 Å². The highest BCUT2D eigenvalue weighted by Gasteiger charge is 2.43. The fourth-order valence-corrected chi connectivity index (χ4v) is 2.84. The van der Waals surface area contributed by atoms with Crippen LogP contribution in [-0.4, -0.2) is 35.3 Å². The number of piperazine rings is 1. The number of carbonyl (C=O) groups excluding carboxylic acids is 2. The number of hydrogen-bond donors (Lipinski definition) is 1. The van der Waals surface area contributed by atoms with Gasteiger partial charge in [-0.3, -0.25) is 9.59 Å². The van der Waals surface area contributed by atoms with Gasteiger partial charge in [-0.1, -0.05) is 27.2 Å². The van der Waals surface area contributed by atoms with E-state index in [1.807, 2.05) is 18.7 Å². The van der Waals surface area contributed by atoms with Gasteiger partial charge in [0, 0.05) is 6.54 Å². The van der Waals surface area contributed by atoms with Gasteiger partial charge in [-0.2, -0.15) is 0 Å². The molecule has 4 atom stereocenters. The highest BCUT2D eigenvalue weighted by atomic mass is 16.2. The van der Waals surface area contributed by atoms with Crippen LogP contribution < -0.4 is 5.32 Å². The van der Waals surface area contributed by atoms with Crippen LogP contribution in [0.4, 0.5) is 0 Å². The van der Waals surface area contributed by atoms with Crippen LogP contribution in [0.15, 0.2) is 0 Å². The van der Waals surface area contributed by atoms with E-state index in [9.17, 15) is 9.59 Å². The minimum atomic E-state index is -0.292. The Labute approximate surface area is 109 Å². The van der Waals surface area contributed by atoms with E-state index in [-0.39, 0.29) is 23.9 Å². The van der Waals surface area contributed by atoms with Crippen LogP contribution in [0.3, 0.4) is 0 Å². The maximum absolute atomic E-state index is 12.4. The smallest absolute Gasteiger partial charge is 0.245 e. The number of rotatable bonds is 5. The molecule has 1 aliphatic heterocycles. The second-order valence-corrected chi connectivity index (χ2v) is 5.74. The predicted molar refractivity (Wildman–Crippen MR) is 69.9 cm³/mol. The summed E-state index contributed by atoms with van der Waals surface area (Å²) in [6.45, 7) is 7.00. The monoisotopic (exact) mass is 252 g/mol. The topological polar surface area (TPSA) is 49.4 Å². The van der Waals surface area contributed by atoms with E-state index in [1.54, 1.807) is 0 Å². The highest BCUT2D eigenvalue weighted by Crippen LogP contribution is 2.39. The van der Waals surface area contributed by atoms with Gasteiger partial charge in [0.2, 0.25) is 11.8 Å². The molecule has 1 N–H and O–H groups in total. The third-order valence-electron chi connectivity index (χ3n) is 4.25. The molecule has 18 heavy (non-hydrogen) atoms. The lowest BCUT2D eigenvalue weighted by atomic mass is 10.0. The fraction of sp³-hybridized carbons (Fsp3) is 0.857. The van der Waals surface area contributed by atoms with Crippen LogP contribution in [0, 0.1) is 11.8 Å². The molecule has 0 aromatic carbocycles. The number of carbonyl (C=O) groups is 2. The van der Waals surface area contributed by atoms with Gasteiger partial charge < -0.3 is 10.2 Å². The van der Waals surface area contributed by atoms with Gasteiger partial charge >= 0.3 is 0 Å². The van der Waals surface area contributed by atoms with Crippen molar-refractivity contribution in [2.45, 2.75) is 58.5 Å². The van der Waals surface area contributed by atoms with Crippen molar-refractivity contribution in [3.63, 3.8) is 0 Å². The summed E-state index contributed by atoms with van der Waals surface area (Å²) in [5.74, 6) is 1.48. The van der Waals surface area contributed by atoms with Gasteiger partial charge in [0.15, 0.2) is 0 Å².